The Morgan fingerprint density at radius 3 is 1.77 bits per heavy atom. The summed E-state index contributed by atoms with van der Waals surface area (Å²) >= 11 is 0. The molecule has 0 aromatic rings. The second-order valence-corrected chi connectivity index (χ2v) is 9.92. The summed E-state index contributed by atoms with van der Waals surface area (Å²) in [4.78, 5) is 0. The van der Waals surface area contributed by atoms with E-state index in [1.807, 2.05) is 13.8 Å². The smallest absolute Gasteiger partial charge is 0.208 e. The molecule has 9 nitrogen and oxygen atoms in total. The van der Waals surface area contributed by atoms with E-state index in [0.717, 1.165) is 0 Å². The number of ether oxygens (including phenoxy) is 5. The van der Waals surface area contributed by atoms with Gasteiger partial charge in [0.05, 0.1) is 64.1 Å². The molecule has 0 spiro atoms. The van der Waals surface area contributed by atoms with Crippen LogP contribution in [0.1, 0.15) is 60.8 Å². The molecule has 0 aliphatic heterocycles. The molecule has 0 aliphatic rings. The van der Waals surface area contributed by atoms with Crippen LogP contribution >= 0.6 is 0 Å². The van der Waals surface area contributed by atoms with Crippen LogP contribution in [0.25, 0.3) is 0 Å². The summed E-state index contributed by atoms with van der Waals surface area (Å²) in [6.45, 7) is 8.63. The molecule has 11 heteroatoms. The molecule has 0 aromatic heterocycles. The third-order valence-electron chi connectivity index (χ3n) is 6.15. The lowest BCUT2D eigenvalue weighted by atomic mass is 9.89. The van der Waals surface area contributed by atoms with Gasteiger partial charge in [0, 0.05) is 13.0 Å². The molecule has 212 valence electrons. The minimum absolute atomic E-state index is 0.00899. The van der Waals surface area contributed by atoms with Crippen molar-refractivity contribution in [2.45, 2.75) is 95.7 Å². The van der Waals surface area contributed by atoms with E-state index in [9.17, 15) is 14.6 Å². The van der Waals surface area contributed by atoms with Crippen LogP contribution in [0.15, 0.2) is 0 Å². The van der Waals surface area contributed by atoms with Gasteiger partial charge in [0.2, 0.25) is 5.85 Å². The maximum absolute atomic E-state index is 15.6. The Labute approximate surface area is 208 Å². The van der Waals surface area contributed by atoms with Gasteiger partial charge in [-0.1, -0.05) is 6.92 Å². The molecule has 5 unspecified atom stereocenters. The SMILES string of the molecule is CCC(C)(CCOCC(O)CO)OCC(C)(F)C(C)(C)OCCC(C)(F)OCCOCC(O)CO. The van der Waals surface area contributed by atoms with Gasteiger partial charge < -0.3 is 44.1 Å². The van der Waals surface area contributed by atoms with Crippen molar-refractivity contribution < 1.29 is 52.9 Å². The average molecular weight is 519 g/mol. The fraction of sp³-hybridized carbons (Fsp3) is 1.00. The third-order valence-corrected chi connectivity index (χ3v) is 6.15. The van der Waals surface area contributed by atoms with Gasteiger partial charge in [0.25, 0.3) is 0 Å². The monoisotopic (exact) mass is 518 g/mol. The molecule has 0 radical (unpaired) electrons. The lowest BCUT2D eigenvalue weighted by Gasteiger charge is -2.40. The summed E-state index contributed by atoms with van der Waals surface area (Å²) < 4.78 is 57.3. The van der Waals surface area contributed by atoms with Crippen LogP contribution in [-0.2, 0) is 23.7 Å². The molecular formula is C24H48F2O9. The first kappa shape index (κ1) is 34.5. The van der Waals surface area contributed by atoms with E-state index < -0.39 is 41.5 Å². The number of halogens is 2. The summed E-state index contributed by atoms with van der Waals surface area (Å²) in [5, 5.41) is 36.0. The summed E-state index contributed by atoms with van der Waals surface area (Å²) in [5.41, 5.74) is -3.82. The highest BCUT2D eigenvalue weighted by molar-refractivity contribution is 4.93. The molecular weight excluding hydrogens is 470 g/mol. The molecule has 0 saturated heterocycles. The zero-order valence-electron chi connectivity index (χ0n) is 22.2. The lowest BCUT2D eigenvalue weighted by Crippen LogP contribution is -2.51. The van der Waals surface area contributed by atoms with Crippen LogP contribution in [0.5, 0.6) is 0 Å². The molecule has 0 saturated carbocycles. The minimum Gasteiger partial charge on any atom is -0.394 e. The number of hydrogen-bond donors (Lipinski definition) is 4. The zero-order chi connectivity index (χ0) is 27.2. The molecule has 0 aromatic carbocycles. The Morgan fingerprint density at radius 2 is 1.26 bits per heavy atom. The summed E-state index contributed by atoms with van der Waals surface area (Å²) in [6, 6.07) is 0. The zero-order valence-corrected chi connectivity index (χ0v) is 22.2. The van der Waals surface area contributed by atoms with Gasteiger partial charge >= 0.3 is 0 Å². The number of aliphatic hydroxyl groups is 4. The van der Waals surface area contributed by atoms with Crippen LogP contribution in [-0.4, -0.2) is 115 Å². The van der Waals surface area contributed by atoms with Crippen LogP contribution < -0.4 is 0 Å². The van der Waals surface area contributed by atoms with E-state index in [-0.39, 0.29) is 59.3 Å². The predicted octanol–water partition coefficient (Wildman–Crippen LogP) is 1.92. The fourth-order valence-electron chi connectivity index (χ4n) is 2.69. The largest absolute Gasteiger partial charge is 0.394 e. The molecule has 0 fully saturated rings. The first-order chi connectivity index (χ1) is 16.1. The summed E-state index contributed by atoms with van der Waals surface area (Å²) in [7, 11) is 0. The van der Waals surface area contributed by atoms with E-state index >= 15 is 4.39 Å². The van der Waals surface area contributed by atoms with Gasteiger partial charge in [-0.3, -0.25) is 0 Å². The molecule has 0 heterocycles. The van der Waals surface area contributed by atoms with Crippen LogP contribution in [0, 0.1) is 0 Å². The number of alkyl halides is 2. The fourth-order valence-corrected chi connectivity index (χ4v) is 2.69. The van der Waals surface area contributed by atoms with Crippen molar-refractivity contribution in [3.63, 3.8) is 0 Å². The van der Waals surface area contributed by atoms with E-state index in [2.05, 4.69) is 0 Å². The maximum Gasteiger partial charge on any atom is 0.208 e. The lowest BCUT2D eigenvalue weighted by molar-refractivity contribution is -0.192. The second kappa shape index (κ2) is 16.4. The Hall–Kier alpha value is -0.500. The van der Waals surface area contributed by atoms with Crippen LogP contribution in [0.4, 0.5) is 8.78 Å². The Morgan fingerprint density at radius 1 is 0.714 bits per heavy atom. The van der Waals surface area contributed by atoms with Crippen molar-refractivity contribution in [2.75, 3.05) is 59.5 Å². The minimum atomic E-state index is -2.01. The second-order valence-electron chi connectivity index (χ2n) is 9.92. The van der Waals surface area contributed by atoms with E-state index in [4.69, 9.17) is 33.9 Å². The van der Waals surface area contributed by atoms with E-state index in [0.29, 0.717) is 12.8 Å². The van der Waals surface area contributed by atoms with Crippen LogP contribution in [0.3, 0.4) is 0 Å². The average Bonchev–Trinajstić information content (AvgIpc) is 2.79. The predicted molar refractivity (Wildman–Crippen MR) is 127 cm³/mol. The van der Waals surface area contributed by atoms with Gasteiger partial charge in [-0.05, 0) is 47.5 Å². The third kappa shape index (κ3) is 14.7. The Kier molecular flexibility index (Phi) is 16.1. The number of hydrogen-bond acceptors (Lipinski definition) is 9. The highest BCUT2D eigenvalue weighted by Crippen LogP contribution is 2.33. The van der Waals surface area contributed by atoms with E-state index in [1.165, 1.54) is 13.8 Å². The molecule has 35 heavy (non-hydrogen) atoms. The Balaban J connectivity index is 4.51. The van der Waals surface area contributed by atoms with Crippen molar-refractivity contribution >= 4 is 0 Å². The van der Waals surface area contributed by atoms with Crippen molar-refractivity contribution in [3.8, 4) is 0 Å². The normalized spacial score (nSPS) is 19.5. The quantitative estimate of drug-likeness (QED) is 0.159. The molecule has 0 amide bonds. The van der Waals surface area contributed by atoms with E-state index in [1.54, 1.807) is 13.8 Å². The van der Waals surface area contributed by atoms with Crippen molar-refractivity contribution in [2.24, 2.45) is 0 Å². The van der Waals surface area contributed by atoms with Gasteiger partial charge in [0.1, 0.15) is 12.2 Å². The van der Waals surface area contributed by atoms with Crippen LogP contribution in [0.2, 0.25) is 0 Å². The molecule has 4 N–H and O–H groups in total. The highest BCUT2D eigenvalue weighted by atomic mass is 19.2. The standard InChI is InChI=1S/C24H48F2O9/c1-7-22(4,8-10-31-16-19(29)14-27)35-18-23(5,25)21(2,3)33-11-9-24(6,26)34-13-12-32-17-20(30)15-28/h19-20,27-30H,7-18H2,1-6H3. The van der Waals surface area contributed by atoms with Gasteiger partial charge in [0.15, 0.2) is 5.67 Å². The number of aliphatic hydroxyl groups excluding tert-OH is 4. The first-order valence-corrected chi connectivity index (χ1v) is 12.2. The van der Waals surface area contributed by atoms with Crippen molar-refractivity contribution in [1.82, 2.24) is 0 Å². The Bertz CT molecular complexity index is 549. The molecule has 0 bridgehead atoms. The maximum atomic E-state index is 15.6. The summed E-state index contributed by atoms with van der Waals surface area (Å²) in [5.74, 6) is -2.01. The van der Waals surface area contributed by atoms with Gasteiger partial charge in [-0.25, -0.2) is 8.78 Å². The molecule has 0 aliphatic carbocycles. The van der Waals surface area contributed by atoms with Gasteiger partial charge in [-0.15, -0.1) is 0 Å². The van der Waals surface area contributed by atoms with Crippen molar-refractivity contribution in [3.05, 3.63) is 0 Å². The van der Waals surface area contributed by atoms with Crippen molar-refractivity contribution in [1.29, 1.82) is 0 Å². The first-order valence-electron chi connectivity index (χ1n) is 12.2. The topological polar surface area (TPSA) is 127 Å². The number of rotatable bonds is 22. The highest BCUT2D eigenvalue weighted by Gasteiger charge is 2.45. The van der Waals surface area contributed by atoms with Gasteiger partial charge in [-0.2, -0.15) is 0 Å². The summed E-state index contributed by atoms with van der Waals surface area (Å²) in [6.07, 6.45) is -0.978. The molecule has 0 rings (SSSR count). The molecule has 5 atom stereocenters.